The Labute approximate surface area is 156 Å². The van der Waals surface area contributed by atoms with Crippen LogP contribution in [-0.2, 0) is 10.0 Å². The van der Waals surface area contributed by atoms with E-state index < -0.39 is 10.0 Å². The van der Waals surface area contributed by atoms with E-state index in [1.165, 1.54) is 0 Å². The van der Waals surface area contributed by atoms with Crippen molar-refractivity contribution in [2.45, 2.75) is 37.6 Å². The predicted molar refractivity (Wildman–Crippen MR) is 104 cm³/mol. The van der Waals surface area contributed by atoms with Crippen molar-refractivity contribution in [3.63, 3.8) is 0 Å². The molecule has 0 spiro atoms. The second kappa shape index (κ2) is 7.68. The molecule has 1 fully saturated rings. The Morgan fingerprint density at radius 2 is 1.77 bits per heavy atom. The van der Waals surface area contributed by atoms with Crippen LogP contribution in [0.2, 0.25) is 0 Å². The van der Waals surface area contributed by atoms with Crippen molar-refractivity contribution < 1.29 is 13.2 Å². The van der Waals surface area contributed by atoms with Crippen LogP contribution < -0.4 is 10.1 Å². The van der Waals surface area contributed by atoms with Crippen LogP contribution in [0, 0.1) is 13.8 Å². The number of piperidine rings is 1. The third kappa shape index (κ3) is 4.02. The maximum Gasteiger partial charge on any atom is 0.243 e. The fourth-order valence-corrected chi connectivity index (χ4v) is 4.82. The minimum atomic E-state index is -3.47. The first-order valence-electron chi connectivity index (χ1n) is 8.88. The standard InChI is InChI=1S/C20H26N2O3S/c1-15-6-9-18(10-7-15)26(23,24)22-12-4-5-17(14-22)21-19-13-16(2)8-11-20(19)25-3/h6-11,13,17,21H,4-5,12,14H2,1-3H3. The summed E-state index contributed by atoms with van der Waals surface area (Å²) in [5, 5.41) is 3.47. The number of sulfonamides is 1. The number of aryl methyl sites for hydroxylation is 2. The van der Waals surface area contributed by atoms with Gasteiger partial charge in [0.25, 0.3) is 0 Å². The molecule has 1 heterocycles. The quantitative estimate of drug-likeness (QED) is 0.869. The minimum absolute atomic E-state index is 0.0553. The molecule has 0 bridgehead atoms. The first kappa shape index (κ1) is 18.7. The Kier molecular flexibility index (Phi) is 5.53. The van der Waals surface area contributed by atoms with Crippen LogP contribution >= 0.6 is 0 Å². The van der Waals surface area contributed by atoms with Gasteiger partial charge in [-0.25, -0.2) is 8.42 Å². The molecule has 0 radical (unpaired) electrons. The lowest BCUT2D eigenvalue weighted by atomic mass is 10.1. The smallest absolute Gasteiger partial charge is 0.243 e. The highest BCUT2D eigenvalue weighted by molar-refractivity contribution is 7.89. The van der Waals surface area contributed by atoms with Crippen molar-refractivity contribution in [1.82, 2.24) is 4.31 Å². The maximum absolute atomic E-state index is 12.9. The zero-order valence-electron chi connectivity index (χ0n) is 15.5. The SMILES string of the molecule is COc1ccc(C)cc1NC1CCCN(S(=O)(=O)c2ccc(C)cc2)C1. The molecular formula is C20H26N2O3S. The molecule has 5 nitrogen and oxygen atoms in total. The average Bonchev–Trinajstić information content (AvgIpc) is 2.62. The molecule has 0 aromatic heterocycles. The number of hydrogen-bond acceptors (Lipinski definition) is 4. The molecule has 1 N–H and O–H groups in total. The molecule has 26 heavy (non-hydrogen) atoms. The number of methoxy groups -OCH3 is 1. The van der Waals surface area contributed by atoms with Gasteiger partial charge in [-0.15, -0.1) is 0 Å². The number of ether oxygens (including phenoxy) is 1. The van der Waals surface area contributed by atoms with E-state index in [1.54, 1.807) is 23.5 Å². The Hall–Kier alpha value is -2.05. The summed E-state index contributed by atoms with van der Waals surface area (Å²) in [5.41, 5.74) is 3.09. The first-order valence-corrected chi connectivity index (χ1v) is 10.3. The molecule has 0 amide bonds. The van der Waals surface area contributed by atoms with E-state index in [1.807, 2.05) is 44.2 Å². The lowest BCUT2D eigenvalue weighted by Crippen LogP contribution is -2.45. The molecule has 2 aromatic rings. The van der Waals surface area contributed by atoms with E-state index in [-0.39, 0.29) is 6.04 Å². The van der Waals surface area contributed by atoms with Crippen molar-refractivity contribution in [2.75, 3.05) is 25.5 Å². The van der Waals surface area contributed by atoms with Crippen LogP contribution in [0.25, 0.3) is 0 Å². The summed E-state index contributed by atoms with van der Waals surface area (Å²) in [6, 6.07) is 13.1. The van der Waals surface area contributed by atoms with Gasteiger partial charge in [0, 0.05) is 19.1 Å². The molecule has 3 rings (SSSR count). The molecule has 1 saturated heterocycles. The summed E-state index contributed by atoms with van der Waals surface area (Å²) < 4.78 is 32.9. The Morgan fingerprint density at radius 1 is 1.08 bits per heavy atom. The number of anilines is 1. The van der Waals surface area contributed by atoms with E-state index in [2.05, 4.69) is 5.32 Å². The zero-order valence-corrected chi connectivity index (χ0v) is 16.3. The molecule has 1 unspecified atom stereocenters. The Morgan fingerprint density at radius 3 is 2.46 bits per heavy atom. The van der Waals surface area contributed by atoms with Crippen molar-refractivity contribution in [3.8, 4) is 5.75 Å². The number of nitrogens with one attached hydrogen (secondary N) is 1. The lowest BCUT2D eigenvalue weighted by molar-refractivity contribution is 0.326. The molecule has 0 aliphatic carbocycles. The minimum Gasteiger partial charge on any atom is -0.495 e. The summed E-state index contributed by atoms with van der Waals surface area (Å²) in [4.78, 5) is 0.358. The van der Waals surface area contributed by atoms with Crippen LogP contribution in [0.3, 0.4) is 0 Å². The van der Waals surface area contributed by atoms with Gasteiger partial charge in [-0.3, -0.25) is 0 Å². The van der Waals surface area contributed by atoms with Gasteiger partial charge in [-0.1, -0.05) is 23.8 Å². The van der Waals surface area contributed by atoms with Gasteiger partial charge in [0.2, 0.25) is 10.0 Å². The Bertz CT molecular complexity index is 863. The molecule has 2 aromatic carbocycles. The summed E-state index contributed by atoms with van der Waals surface area (Å²) in [7, 11) is -1.82. The monoisotopic (exact) mass is 374 g/mol. The zero-order chi connectivity index (χ0) is 18.7. The predicted octanol–water partition coefficient (Wildman–Crippen LogP) is 3.58. The third-order valence-corrected chi connectivity index (χ3v) is 6.64. The van der Waals surface area contributed by atoms with E-state index in [0.717, 1.165) is 35.4 Å². The van der Waals surface area contributed by atoms with E-state index in [4.69, 9.17) is 4.74 Å². The lowest BCUT2D eigenvalue weighted by Gasteiger charge is -2.33. The summed E-state index contributed by atoms with van der Waals surface area (Å²) in [6.45, 7) is 4.98. The molecule has 1 aliphatic heterocycles. The van der Waals surface area contributed by atoms with Crippen molar-refractivity contribution in [1.29, 1.82) is 0 Å². The summed E-state index contributed by atoms with van der Waals surface area (Å²) >= 11 is 0. The van der Waals surface area contributed by atoms with Gasteiger partial charge in [0.15, 0.2) is 0 Å². The number of hydrogen-bond donors (Lipinski definition) is 1. The fraction of sp³-hybridized carbons (Fsp3) is 0.400. The van der Waals surface area contributed by atoms with Gasteiger partial charge in [-0.05, 0) is 56.5 Å². The normalized spacial score (nSPS) is 18.5. The van der Waals surface area contributed by atoms with Crippen molar-refractivity contribution in [2.24, 2.45) is 0 Å². The second-order valence-corrected chi connectivity index (χ2v) is 8.80. The van der Waals surface area contributed by atoms with Crippen LogP contribution in [0.5, 0.6) is 5.75 Å². The number of nitrogens with zero attached hydrogens (tertiary/aromatic N) is 1. The molecule has 1 atom stereocenters. The number of rotatable bonds is 5. The molecule has 6 heteroatoms. The molecular weight excluding hydrogens is 348 g/mol. The fourth-order valence-electron chi connectivity index (χ4n) is 3.29. The largest absolute Gasteiger partial charge is 0.495 e. The van der Waals surface area contributed by atoms with Crippen LogP contribution in [0.15, 0.2) is 47.4 Å². The highest BCUT2D eigenvalue weighted by Crippen LogP contribution is 2.28. The van der Waals surface area contributed by atoms with Crippen LogP contribution in [0.1, 0.15) is 24.0 Å². The summed E-state index contributed by atoms with van der Waals surface area (Å²) in [6.07, 6.45) is 1.76. The van der Waals surface area contributed by atoms with Gasteiger partial charge >= 0.3 is 0 Å². The van der Waals surface area contributed by atoms with E-state index in [9.17, 15) is 8.42 Å². The second-order valence-electron chi connectivity index (χ2n) is 6.86. The molecule has 1 aliphatic rings. The van der Waals surface area contributed by atoms with Gasteiger partial charge < -0.3 is 10.1 Å². The topological polar surface area (TPSA) is 58.6 Å². The molecule has 0 saturated carbocycles. The van der Waals surface area contributed by atoms with Gasteiger partial charge in [-0.2, -0.15) is 4.31 Å². The summed E-state index contributed by atoms with van der Waals surface area (Å²) in [5.74, 6) is 0.772. The highest BCUT2D eigenvalue weighted by Gasteiger charge is 2.30. The average molecular weight is 375 g/mol. The van der Waals surface area contributed by atoms with Crippen molar-refractivity contribution in [3.05, 3.63) is 53.6 Å². The first-order chi connectivity index (χ1) is 12.4. The number of benzene rings is 2. The third-order valence-electron chi connectivity index (χ3n) is 4.76. The maximum atomic E-state index is 12.9. The van der Waals surface area contributed by atoms with E-state index >= 15 is 0 Å². The van der Waals surface area contributed by atoms with Gasteiger partial charge in [0.05, 0.1) is 17.7 Å². The van der Waals surface area contributed by atoms with Crippen molar-refractivity contribution >= 4 is 15.7 Å². The Balaban J connectivity index is 1.77. The van der Waals surface area contributed by atoms with Crippen LogP contribution in [-0.4, -0.2) is 39.0 Å². The molecule has 140 valence electrons. The highest BCUT2D eigenvalue weighted by atomic mass is 32.2. The van der Waals surface area contributed by atoms with Gasteiger partial charge in [0.1, 0.15) is 5.75 Å². The van der Waals surface area contributed by atoms with E-state index in [0.29, 0.717) is 18.0 Å². The van der Waals surface area contributed by atoms with Crippen LogP contribution in [0.4, 0.5) is 5.69 Å².